The Labute approximate surface area is 102 Å². The molecule has 0 fully saturated rings. The van der Waals surface area contributed by atoms with Crippen LogP contribution in [0.1, 0.15) is 0 Å². The van der Waals surface area contributed by atoms with E-state index in [1.165, 1.54) is 0 Å². The Morgan fingerprint density at radius 2 is 2.00 bits per heavy atom. The molecule has 80 valence electrons. The lowest BCUT2D eigenvalue weighted by molar-refractivity contribution is 1.42. The van der Waals surface area contributed by atoms with Crippen LogP contribution in [0.25, 0.3) is 21.0 Å². The van der Waals surface area contributed by atoms with Gasteiger partial charge in [0.2, 0.25) is 0 Å². The fourth-order valence-electron chi connectivity index (χ4n) is 1.82. The minimum Gasteiger partial charge on any atom is -0.365 e. The lowest BCUT2D eigenvalue weighted by Gasteiger charge is -2.00. The molecule has 0 aliphatic rings. The van der Waals surface area contributed by atoms with Crippen molar-refractivity contribution in [1.29, 1.82) is 0 Å². The van der Waals surface area contributed by atoms with E-state index in [1.807, 2.05) is 31.3 Å². The molecule has 0 aliphatic carbocycles. The first-order chi connectivity index (χ1) is 7.79. The number of halogens is 1. The van der Waals surface area contributed by atoms with E-state index in [1.54, 1.807) is 11.3 Å². The van der Waals surface area contributed by atoms with Gasteiger partial charge < -0.3 is 5.32 Å². The highest BCUT2D eigenvalue weighted by Gasteiger charge is 2.09. The van der Waals surface area contributed by atoms with E-state index in [9.17, 15) is 0 Å². The number of thiazole rings is 1. The third kappa shape index (κ3) is 1.36. The molecule has 16 heavy (non-hydrogen) atoms. The van der Waals surface area contributed by atoms with E-state index < -0.39 is 0 Å². The summed E-state index contributed by atoms with van der Waals surface area (Å²) in [7, 11) is 1.88. The number of hydrogen-bond acceptors (Lipinski definition) is 3. The molecule has 2 nitrogen and oxygen atoms in total. The largest absolute Gasteiger partial charge is 0.365 e. The van der Waals surface area contributed by atoms with Crippen molar-refractivity contribution in [3.05, 3.63) is 35.4 Å². The quantitative estimate of drug-likeness (QED) is 0.700. The summed E-state index contributed by atoms with van der Waals surface area (Å²) in [5.41, 5.74) is 1.02. The first-order valence-electron chi connectivity index (χ1n) is 4.95. The Morgan fingerprint density at radius 1 is 1.25 bits per heavy atom. The van der Waals surface area contributed by atoms with Crippen LogP contribution in [0.15, 0.2) is 30.3 Å². The van der Waals surface area contributed by atoms with Crippen molar-refractivity contribution in [2.75, 3.05) is 12.4 Å². The highest BCUT2D eigenvalue weighted by atomic mass is 35.5. The van der Waals surface area contributed by atoms with Crippen molar-refractivity contribution < 1.29 is 0 Å². The standard InChI is InChI=1S/C12H9ClN2S/c1-14-12-15-11-8-5-3-2-4-7(8)9(13)6-10(11)16-12/h2-6H,1H3,(H,14,15). The smallest absolute Gasteiger partial charge is 0.183 e. The number of benzene rings is 2. The molecule has 0 bridgehead atoms. The number of aromatic nitrogens is 1. The van der Waals surface area contributed by atoms with Gasteiger partial charge in [0.1, 0.15) is 0 Å². The second-order valence-corrected chi connectivity index (χ2v) is 4.96. The Morgan fingerprint density at radius 3 is 2.75 bits per heavy atom. The average Bonchev–Trinajstić information content (AvgIpc) is 2.72. The normalized spacial score (nSPS) is 11.1. The number of hydrogen-bond donors (Lipinski definition) is 1. The summed E-state index contributed by atoms with van der Waals surface area (Å²) in [6, 6.07) is 10.1. The molecule has 0 saturated carbocycles. The average molecular weight is 249 g/mol. The van der Waals surface area contributed by atoms with Crippen LogP contribution in [0.2, 0.25) is 5.02 Å². The lowest BCUT2D eigenvalue weighted by Crippen LogP contribution is -1.84. The van der Waals surface area contributed by atoms with Crippen LogP contribution in [-0.2, 0) is 0 Å². The van der Waals surface area contributed by atoms with E-state index in [2.05, 4.69) is 16.4 Å². The molecular formula is C12H9ClN2S. The van der Waals surface area contributed by atoms with Gasteiger partial charge in [-0.1, -0.05) is 47.2 Å². The third-order valence-corrected chi connectivity index (χ3v) is 3.90. The SMILES string of the molecule is CNc1nc2c(cc(Cl)c3ccccc32)s1. The first kappa shape index (κ1) is 9.87. The van der Waals surface area contributed by atoms with Gasteiger partial charge in [-0.05, 0) is 6.07 Å². The molecule has 0 unspecified atom stereocenters. The molecule has 1 heterocycles. The Hall–Kier alpha value is -1.32. The summed E-state index contributed by atoms with van der Waals surface area (Å²) < 4.78 is 1.12. The Kier molecular flexibility index (Phi) is 2.23. The van der Waals surface area contributed by atoms with Gasteiger partial charge in [0.05, 0.1) is 10.2 Å². The zero-order valence-corrected chi connectivity index (χ0v) is 10.2. The maximum atomic E-state index is 6.25. The molecule has 1 aromatic heterocycles. The lowest BCUT2D eigenvalue weighted by atomic mass is 10.1. The number of anilines is 1. The summed E-state index contributed by atoms with van der Waals surface area (Å²) >= 11 is 7.87. The molecule has 0 aliphatic heterocycles. The first-order valence-corrected chi connectivity index (χ1v) is 6.14. The summed E-state index contributed by atoms with van der Waals surface area (Å²) in [6.45, 7) is 0. The molecule has 0 amide bonds. The van der Waals surface area contributed by atoms with Crippen LogP contribution in [0.5, 0.6) is 0 Å². The van der Waals surface area contributed by atoms with Crippen LogP contribution in [0.4, 0.5) is 5.13 Å². The van der Waals surface area contributed by atoms with Gasteiger partial charge in [-0.25, -0.2) is 4.98 Å². The topological polar surface area (TPSA) is 24.9 Å². The molecule has 0 atom stereocenters. The highest BCUT2D eigenvalue weighted by Crippen LogP contribution is 2.35. The van der Waals surface area contributed by atoms with E-state index in [0.717, 1.165) is 31.1 Å². The van der Waals surface area contributed by atoms with Crippen molar-refractivity contribution >= 4 is 49.1 Å². The number of nitrogens with one attached hydrogen (secondary N) is 1. The van der Waals surface area contributed by atoms with E-state index >= 15 is 0 Å². The minimum atomic E-state index is 0.786. The Balaban J connectivity index is 2.52. The van der Waals surface area contributed by atoms with Crippen LogP contribution in [0, 0.1) is 0 Å². The molecule has 1 N–H and O–H groups in total. The minimum absolute atomic E-state index is 0.786. The Bertz CT molecular complexity index is 675. The van der Waals surface area contributed by atoms with Gasteiger partial charge in [0, 0.05) is 22.8 Å². The van der Waals surface area contributed by atoms with E-state index in [0.29, 0.717) is 0 Å². The van der Waals surface area contributed by atoms with Crippen LogP contribution in [0.3, 0.4) is 0 Å². The molecular weight excluding hydrogens is 240 g/mol. The predicted octanol–water partition coefficient (Wildman–Crippen LogP) is 4.14. The summed E-state index contributed by atoms with van der Waals surface area (Å²) in [5.74, 6) is 0. The summed E-state index contributed by atoms with van der Waals surface area (Å²) in [4.78, 5) is 4.55. The van der Waals surface area contributed by atoms with Crippen molar-refractivity contribution in [3.8, 4) is 0 Å². The second kappa shape index (κ2) is 3.61. The van der Waals surface area contributed by atoms with Gasteiger partial charge in [0.25, 0.3) is 0 Å². The molecule has 3 aromatic rings. The van der Waals surface area contributed by atoms with Crippen LogP contribution >= 0.6 is 22.9 Å². The summed E-state index contributed by atoms with van der Waals surface area (Å²) in [5, 5.41) is 6.94. The number of rotatable bonds is 1. The van der Waals surface area contributed by atoms with Crippen LogP contribution in [-0.4, -0.2) is 12.0 Å². The van der Waals surface area contributed by atoms with Crippen molar-refractivity contribution in [1.82, 2.24) is 4.98 Å². The van der Waals surface area contributed by atoms with E-state index in [-0.39, 0.29) is 0 Å². The van der Waals surface area contributed by atoms with Crippen LogP contribution < -0.4 is 5.32 Å². The zero-order valence-electron chi connectivity index (χ0n) is 8.62. The molecule has 0 radical (unpaired) electrons. The van der Waals surface area contributed by atoms with Crippen molar-refractivity contribution in [3.63, 3.8) is 0 Å². The molecule has 0 saturated heterocycles. The predicted molar refractivity (Wildman–Crippen MR) is 71.7 cm³/mol. The summed E-state index contributed by atoms with van der Waals surface area (Å²) in [6.07, 6.45) is 0. The van der Waals surface area contributed by atoms with Gasteiger partial charge in [0.15, 0.2) is 5.13 Å². The van der Waals surface area contributed by atoms with Gasteiger partial charge in [-0.2, -0.15) is 0 Å². The fraction of sp³-hybridized carbons (Fsp3) is 0.0833. The zero-order chi connectivity index (χ0) is 11.1. The molecule has 0 spiro atoms. The second-order valence-electron chi connectivity index (χ2n) is 3.52. The van der Waals surface area contributed by atoms with E-state index in [4.69, 9.17) is 11.6 Å². The monoisotopic (exact) mass is 248 g/mol. The van der Waals surface area contributed by atoms with Gasteiger partial charge in [-0.3, -0.25) is 0 Å². The number of nitrogens with zero attached hydrogens (tertiary/aromatic N) is 1. The molecule has 2 aromatic carbocycles. The van der Waals surface area contributed by atoms with Gasteiger partial charge >= 0.3 is 0 Å². The third-order valence-electron chi connectivity index (χ3n) is 2.56. The van der Waals surface area contributed by atoms with Crippen molar-refractivity contribution in [2.24, 2.45) is 0 Å². The highest BCUT2D eigenvalue weighted by molar-refractivity contribution is 7.22. The van der Waals surface area contributed by atoms with Crippen molar-refractivity contribution in [2.45, 2.75) is 0 Å². The maximum Gasteiger partial charge on any atom is 0.183 e. The number of fused-ring (bicyclic) bond motifs is 3. The maximum absolute atomic E-state index is 6.25. The molecule has 3 rings (SSSR count). The molecule has 4 heteroatoms. The van der Waals surface area contributed by atoms with Gasteiger partial charge in [-0.15, -0.1) is 0 Å². The fourth-order valence-corrected chi connectivity index (χ4v) is 3.04.